The van der Waals surface area contributed by atoms with Crippen LogP contribution in [0.3, 0.4) is 0 Å². The first-order valence-corrected chi connectivity index (χ1v) is 12.2. The van der Waals surface area contributed by atoms with Gasteiger partial charge in [0.15, 0.2) is 6.10 Å². The highest BCUT2D eigenvalue weighted by Crippen LogP contribution is 2.44. The van der Waals surface area contributed by atoms with Gasteiger partial charge in [0.1, 0.15) is 11.5 Å². The average Bonchev–Trinajstić information content (AvgIpc) is 3.51. The van der Waals surface area contributed by atoms with Crippen LogP contribution < -0.4 is 4.74 Å². The molecule has 3 heterocycles. The minimum absolute atomic E-state index is 0.0438. The Morgan fingerprint density at radius 1 is 1.09 bits per heavy atom. The quantitative estimate of drug-likeness (QED) is 0.555. The second kappa shape index (κ2) is 8.48. The van der Waals surface area contributed by atoms with E-state index in [1.165, 1.54) is 5.56 Å². The van der Waals surface area contributed by atoms with Gasteiger partial charge in [0.2, 0.25) is 0 Å². The van der Waals surface area contributed by atoms with Gasteiger partial charge in [0, 0.05) is 53.8 Å². The van der Waals surface area contributed by atoms with E-state index in [0.717, 1.165) is 53.0 Å². The zero-order chi connectivity index (χ0) is 23.2. The molecule has 0 radical (unpaired) electrons. The molecule has 6 heteroatoms. The maximum absolute atomic E-state index is 13.4. The first kappa shape index (κ1) is 21.2. The lowest BCUT2D eigenvalue weighted by Gasteiger charge is -2.33. The molecule has 1 saturated heterocycles. The van der Waals surface area contributed by atoms with Gasteiger partial charge in [-0.15, -0.1) is 0 Å². The van der Waals surface area contributed by atoms with Crippen LogP contribution in [0.5, 0.6) is 11.5 Å². The molecule has 5 nitrogen and oxygen atoms in total. The Labute approximate surface area is 203 Å². The highest BCUT2D eigenvalue weighted by Gasteiger charge is 2.36. The zero-order valence-electron chi connectivity index (χ0n) is 18.7. The summed E-state index contributed by atoms with van der Waals surface area (Å²) in [5.74, 6) is 1.48. The van der Waals surface area contributed by atoms with Gasteiger partial charge >= 0.3 is 0 Å². The fraction of sp³-hybridized carbons (Fsp3) is 0.286. The van der Waals surface area contributed by atoms with E-state index in [1.807, 2.05) is 41.4 Å². The summed E-state index contributed by atoms with van der Waals surface area (Å²) in [7, 11) is 0. The van der Waals surface area contributed by atoms with Gasteiger partial charge in [-0.3, -0.25) is 9.78 Å². The fourth-order valence-electron chi connectivity index (χ4n) is 5.43. The predicted molar refractivity (Wildman–Crippen MR) is 132 cm³/mol. The highest BCUT2D eigenvalue weighted by molar-refractivity contribution is 6.31. The number of benzene rings is 2. The number of aromatic nitrogens is 1. The topological polar surface area (TPSA) is 62.7 Å². The van der Waals surface area contributed by atoms with Gasteiger partial charge in [0.25, 0.3) is 5.91 Å². The second-order valence-corrected chi connectivity index (χ2v) is 9.71. The van der Waals surface area contributed by atoms with Crippen LogP contribution in [0.4, 0.5) is 0 Å². The smallest absolute Gasteiger partial charge is 0.263 e. The number of fused-ring (bicyclic) bond motifs is 2. The van der Waals surface area contributed by atoms with Crippen LogP contribution in [0.2, 0.25) is 5.02 Å². The number of amides is 1. The summed E-state index contributed by atoms with van der Waals surface area (Å²) in [6, 6.07) is 13.3. The van der Waals surface area contributed by atoms with E-state index < -0.39 is 6.10 Å². The lowest BCUT2D eigenvalue weighted by atomic mass is 9.89. The van der Waals surface area contributed by atoms with Crippen molar-refractivity contribution in [2.24, 2.45) is 0 Å². The van der Waals surface area contributed by atoms with E-state index in [9.17, 15) is 9.90 Å². The van der Waals surface area contributed by atoms with Gasteiger partial charge in [0.05, 0.1) is 5.69 Å². The van der Waals surface area contributed by atoms with Crippen molar-refractivity contribution in [2.45, 2.75) is 37.7 Å². The molecular formula is C28H25ClN2O3. The number of piperidine rings is 1. The van der Waals surface area contributed by atoms with E-state index in [0.29, 0.717) is 30.5 Å². The van der Waals surface area contributed by atoms with Crippen molar-refractivity contribution in [1.82, 2.24) is 9.88 Å². The van der Waals surface area contributed by atoms with Gasteiger partial charge < -0.3 is 14.7 Å². The van der Waals surface area contributed by atoms with Crippen molar-refractivity contribution in [3.8, 4) is 22.6 Å². The Bertz CT molecular complexity index is 1290. The summed E-state index contributed by atoms with van der Waals surface area (Å²) in [5, 5.41) is 10.2. The maximum atomic E-state index is 13.4. The van der Waals surface area contributed by atoms with Crippen LogP contribution in [0.25, 0.3) is 17.2 Å². The molecule has 1 aromatic heterocycles. The first-order chi connectivity index (χ1) is 16.6. The number of allylic oxidation sites excluding steroid dienone is 1. The zero-order valence-corrected chi connectivity index (χ0v) is 19.5. The van der Waals surface area contributed by atoms with Gasteiger partial charge in [-0.1, -0.05) is 35.9 Å². The van der Waals surface area contributed by atoms with Crippen LogP contribution in [-0.2, 0) is 17.6 Å². The number of carbonyl (C=O) groups is 1. The molecule has 0 spiro atoms. The van der Waals surface area contributed by atoms with E-state index in [-0.39, 0.29) is 11.7 Å². The predicted octanol–water partition coefficient (Wildman–Crippen LogP) is 5.39. The molecule has 1 unspecified atom stereocenters. The fourth-order valence-corrected chi connectivity index (χ4v) is 5.67. The third-order valence-electron chi connectivity index (χ3n) is 7.20. The number of nitrogens with zero attached hydrogens (tertiary/aromatic N) is 2. The SMILES string of the molecule is O=C(C1Cc2cc(Cl)cc(-c3ccnc4c3C=CC4)c2O1)N1CCC(c2ccc(O)cc2)CC1. The molecule has 1 N–H and O–H groups in total. The van der Waals surface area contributed by atoms with Crippen LogP contribution in [0.1, 0.15) is 41.1 Å². The lowest BCUT2D eigenvalue weighted by Crippen LogP contribution is -2.45. The minimum atomic E-state index is -0.525. The average molecular weight is 473 g/mol. The van der Waals surface area contributed by atoms with Crippen molar-refractivity contribution >= 4 is 23.6 Å². The molecule has 1 fully saturated rings. The summed E-state index contributed by atoms with van der Waals surface area (Å²) in [6.07, 6.45) is 8.68. The standard InChI is InChI=1S/C28H25ClN2O3/c29-20-14-19-15-26(28(33)31-12-9-18(10-13-31)17-4-6-21(32)7-5-17)34-27(19)24(16-20)22-8-11-30-25-3-1-2-23(22)25/h1-2,4-8,11,14,16,18,26,32H,3,9-10,12-13,15H2. The van der Waals surface area contributed by atoms with Crippen molar-refractivity contribution in [3.05, 3.63) is 82.1 Å². The van der Waals surface area contributed by atoms with Crippen molar-refractivity contribution in [1.29, 1.82) is 0 Å². The number of aromatic hydroxyl groups is 1. The van der Waals surface area contributed by atoms with E-state index in [1.54, 1.807) is 12.1 Å². The number of hydrogen-bond acceptors (Lipinski definition) is 4. The number of carbonyl (C=O) groups excluding carboxylic acids is 1. The van der Waals surface area contributed by atoms with Gasteiger partial charge in [-0.2, -0.15) is 0 Å². The number of phenols is 1. The van der Waals surface area contributed by atoms with Crippen LogP contribution >= 0.6 is 11.6 Å². The molecule has 1 amide bonds. The summed E-state index contributed by atoms with van der Waals surface area (Å²) in [6.45, 7) is 1.41. The third kappa shape index (κ3) is 3.74. The normalized spacial score (nSPS) is 19.1. The third-order valence-corrected chi connectivity index (χ3v) is 7.42. The Morgan fingerprint density at radius 2 is 1.88 bits per heavy atom. The summed E-state index contributed by atoms with van der Waals surface area (Å²) in [4.78, 5) is 19.8. The van der Waals surface area contributed by atoms with Crippen LogP contribution in [0, 0.1) is 0 Å². The number of halogens is 1. The van der Waals surface area contributed by atoms with Gasteiger partial charge in [-0.25, -0.2) is 0 Å². The molecule has 0 saturated carbocycles. The van der Waals surface area contributed by atoms with E-state index >= 15 is 0 Å². The molecule has 172 valence electrons. The lowest BCUT2D eigenvalue weighted by molar-refractivity contribution is -0.139. The number of pyridine rings is 1. The Balaban J connectivity index is 1.20. The number of hydrogen-bond donors (Lipinski definition) is 1. The van der Waals surface area contributed by atoms with Gasteiger partial charge in [-0.05, 0) is 60.2 Å². The second-order valence-electron chi connectivity index (χ2n) is 9.27. The summed E-state index contributed by atoms with van der Waals surface area (Å²) < 4.78 is 6.32. The summed E-state index contributed by atoms with van der Waals surface area (Å²) in [5.41, 5.74) is 6.31. The number of rotatable bonds is 3. The summed E-state index contributed by atoms with van der Waals surface area (Å²) >= 11 is 6.49. The largest absolute Gasteiger partial charge is 0.508 e. The Hall–Kier alpha value is -3.31. The van der Waals surface area contributed by atoms with Crippen LogP contribution in [0.15, 0.2) is 54.7 Å². The Morgan fingerprint density at radius 3 is 2.68 bits per heavy atom. The first-order valence-electron chi connectivity index (χ1n) is 11.8. The molecular weight excluding hydrogens is 448 g/mol. The van der Waals surface area contributed by atoms with Crippen molar-refractivity contribution < 1.29 is 14.6 Å². The maximum Gasteiger partial charge on any atom is 0.263 e. The highest BCUT2D eigenvalue weighted by atomic mass is 35.5. The van der Waals surface area contributed by atoms with Crippen molar-refractivity contribution in [3.63, 3.8) is 0 Å². The van der Waals surface area contributed by atoms with E-state index in [2.05, 4.69) is 17.1 Å². The molecule has 0 bridgehead atoms. The molecule has 34 heavy (non-hydrogen) atoms. The molecule has 3 aromatic rings. The molecule has 1 aliphatic carbocycles. The molecule has 6 rings (SSSR count). The monoisotopic (exact) mass is 472 g/mol. The number of phenolic OH excluding ortho intramolecular Hbond substituents is 1. The Kier molecular flexibility index (Phi) is 5.30. The molecule has 1 atom stereocenters. The molecule has 2 aliphatic heterocycles. The number of ether oxygens (including phenoxy) is 1. The number of likely N-dealkylation sites (tertiary alicyclic amines) is 1. The molecule has 3 aliphatic rings. The van der Waals surface area contributed by atoms with E-state index in [4.69, 9.17) is 16.3 Å². The minimum Gasteiger partial charge on any atom is -0.508 e. The van der Waals surface area contributed by atoms with Crippen LogP contribution in [-0.4, -0.2) is 40.1 Å². The van der Waals surface area contributed by atoms with Crippen molar-refractivity contribution in [2.75, 3.05) is 13.1 Å². The molecule has 2 aromatic carbocycles.